The van der Waals surface area contributed by atoms with E-state index >= 15 is 0 Å². The van der Waals surface area contributed by atoms with Gasteiger partial charge in [0.05, 0.1) is 6.33 Å². The Morgan fingerprint density at radius 2 is 1.84 bits per heavy atom. The Bertz CT molecular complexity index is 1180. The summed E-state index contributed by atoms with van der Waals surface area (Å²) in [6.45, 7) is 0.184. The van der Waals surface area contributed by atoms with Crippen LogP contribution < -0.4 is 11.2 Å². The molecule has 3 heterocycles. The van der Waals surface area contributed by atoms with Crippen LogP contribution in [0.3, 0.4) is 0 Å². The summed E-state index contributed by atoms with van der Waals surface area (Å²) in [5.41, 5.74) is 0.622. The topological polar surface area (TPSA) is 101 Å². The Labute approximate surface area is 140 Å². The van der Waals surface area contributed by atoms with Crippen molar-refractivity contribution in [1.82, 2.24) is 28.8 Å². The zero-order valence-electron chi connectivity index (χ0n) is 13.6. The molecule has 0 unspecified atom stereocenters. The Morgan fingerprint density at radius 1 is 1.08 bits per heavy atom. The van der Waals surface area contributed by atoms with Gasteiger partial charge in [-0.25, -0.2) is 9.78 Å². The molecule has 0 radical (unpaired) electrons. The van der Waals surface area contributed by atoms with Crippen molar-refractivity contribution in [3.8, 4) is 11.4 Å². The third kappa shape index (κ3) is 2.36. The number of aryl methyl sites for hydroxylation is 1. The molecule has 0 bridgehead atoms. The van der Waals surface area contributed by atoms with Crippen LogP contribution in [-0.2, 0) is 20.6 Å². The lowest BCUT2D eigenvalue weighted by Crippen LogP contribution is -2.37. The third-order valence-electron chi connectivity index (χ3n) is 4.02. The van der Waals surface area contributed by atoms with E-state index in [1.54, 1.807) is 11.6 Å². The molecule has 126 valence electrons. The second-order valence-electron chi connectivity index (χ2n) is 5.63. The zero-order chi connectivity index (χ0) is 17.6. The van der Waals surface area contributed by atoms with Crippen molar-refractivity contribution in [3.63, 3.8) is 0 Å². The molecule has 9 nitrogen and oxygen atoms in total. The van der Waals surface area contributed by atoms with Gasteiger partial charge in [0.15, 0.2) is 11.2 Å². The Kier molecular flexibility index (Phi) is 3.34. The second-order valence-corrected chi connectivity index (χ2v) is 5.63. The lowest BCUT2D eigenvalue weighted by Gasteiger charge is -2.04. The molecule has 0 atom stereocenters. The van der Waals surface area contributed by atoms with Gasteiger partial charge in [0.2, 0.25) is 11.7 Å². The lowest BCUT2D eigenvalue weighted by molar-refractivity contribution is 0.372. The predicted octanol–water partition coefficient (Wildman–Crippen LogP) is 0.532. The van der Waals surface area contributed by atoms with Crippen LogP contribution in [0.1, 0.15) is 5.89 Å². The molecule has 1 aromatic carbocycles. The molecule has 4 rings (SSSR count). The van der Waals surface area contributed by atoms with E-state index in [-0.39, 0.29) is 6.54 Å². The van der Waals surface area contributed by atoms with E-state index in [4.69, 9.17) is 4.52 Å². The molecule has 25 heavy (non-hydrogen) atoms. The standard InChI is InChI=1S/C16H14N6O3/c1-20-14-12(15(23)21(2)16(20)24)22(9-17-14)8-11-18-13(19-25-11)10-6-4-3-5-7-10/h3-7,9H,8H2,1-2H3. The van der Waals surface area contributed by atoms with Crippen LogP contribution in [0.2, 0.25) is 0 Å². The Hall–Kier alpha value is -3.49. The van der Waals surface area contributed by atoms with Crippen LogP contribution in [0.5, 0.6) is 0 Å². The average Bonchev–Trinajstić information content (AvgIpc) is 3.27. The van der Waals surface area contributed by atoms with Crippen LogP contribution in [0.15, 0.2) is 50.8 Å². The van der Waals surface area contributed by atoms with E-state index in [1.165, 1.54) is 17.9 Å². The number of benzene rings is 1. The fraction of sp³-hybridized carbons (Fsp3) is 0.188. The minimum Gasteiger partial charge on any atom is -0.337 e. The smallest absolute Gasteiger partial charge is 0.332 e. The number of aromatic nitrogens is 6. The maximum Gasteiger partial charge on any atom is 0.332 e. The number of fused-ring (bicyclic) bond motifs is 1. The molecule has 9 heteroatoms. The Morgan fingerprint density at radius 3 is 2.60 bits per heavy atom. The first-order valence-electron chi connectivity index (χ1n) is 7.55. The van der Waals surface area contributed by atoms with Gasteiger partial charge in [-0.2, -0.15) is 4.98 Å². The zero-order valence-corrected chi connectivity index (χ0v) is 13.6. The second kappa shape index (κ2) is 5.55. The summed E-state index contributed by atoms with van der Waals surface area (Å²) in [7, 11) is 3.00. The molecule has 0 saturated heterocycles. The summed E-state index contributed by atoms with van der Waals surface area (Å²) in [6, 6.07) is 9.44. The largest absolute Gasteiger partial charge is 0.337 e. The maximum atomic E-state index is 12.4. The fourth-order valence-electron chi connectivity index (χ4n) is 2.69. The molecule has 3 aromatic heterocycles. The highest BCUT2D eigenvalue weighted by Gasteiger charge is 2.16. The van der Waals surface area contributed by atoms with Gasteiger partial charge in [0.25, 0.3) is 5.56 Å². The highest BCUT2D eigenvalue weighted by atomic mass is 16.5. The van der Waals surface area contributed by atoms with Gasteiger partial charge in [-0.3, -0.25) is 13.9 Å². The molecule has 4 aromatic rings. The summed E-state index contributed by atoms with van der Waals surface area (Å²) in [5.74, 6) is 0.814. The third-order valence-corrected chi connectivity index (χ3v) is 4.02. The number of nitrogens with zero attached hydrogens (tertiary/aromatic N) is 6. The molecular formula is C16H14N6O3. The van der Waals surface area contributed by atoms with Gasteiger partial charge in [-0.05, 0) is 0 Å². The quantitative estimate of drug-likeness (QED) is 0.540. The van der Waals surface area contributed by atoms with E-state index in [2.05, 4.69) is 15.1 Å². The van der Waals surface area contributed by atoms with Gasteiger partial charge >= 0.3 is 5.69 Å². The molecule has 0 aliphatic heterocycles. The summed E-state index contributed by atoms with van der Waals surface area (Å²) >= 11 is 0. The van der Waals surface area contributed by atoms with Crippen molar-refractivity contribution in [2.75, 3.05) is 0 Å². The summed E-state index contributed by atoms with van der Waals surface area (Å²) < 4.78 is 9.25. The number of hydrogen-bond acceptors (Lipinski definition) is 6. The fourth-order valence-corrected chi connectivity index (χ4v) is 2.69. The molecule has 0 spiro atoms. The van der Waals surface area contributed by atoms with Gasteiger partial charge < -0.3 is 9.09 Å². The first-order chi connectivity index (χ1) is 12.1. The highest BCUT2D eigenvalue weighted by Crippen LogP contribution is 2.16. The molecule has 0 amide bonds. The minimum atomic E-state index is -0.424. The van der Waals surface area contributed by atoms with E-state index in [1.807, 2.05) is 30.3 Å². The molecular weight excluding hydrogens is 324 g/mol. The van der Waals surface area contributed by atoms with Crippen molar-refractivity contribution in [1.29, 1.82) is 0 Å². The monoisotopic (exact) mass is 338 g/mol. The van der Waals surface area contributed by atoms with Crippen LogP contribution >= 0.6 is 0 Å². The van der Waals surface area contributed by atoms with Crippen molar-refractivity contribution < 1.29 is 4.52 Å². The molecule has 0 N–H and O–H groups in total. The average molecular weight is 338 g/mol. The van der Waals surface area contributed by atoms with Crippen molar-refractivity contribution >= 4 is 11.2 Å². The maximum absolute atomic E-state index is 12.4. The van der Waals surface area contributed by atoms with Crippen LogP contribution in [0, 0.1) is 0 Å². The predicted molar refractivity (Wildman–Crippen MR) is 89.1 cm³/mol. The van der Waals surface area contributed by atoms with Gasteiger partial charge in [-0.15, -0.1) is 0 Å². The van der Waals surface area contributed by atoms with Crippen LogP contribution in [-0.4, -0.2) is 28.8 Å². The van der Waals surface area contributed by atoms with E-state index in [9.17, 15) is 9.59 Å². The van der Waals surface area contributed by atoms with Crippen molar-refractivity contribution in [2.24, 2.45) is 14.1 Å². The lowest BCUT2D eigenvalue weighted by atomic mass is 10.2. The van der Waals surface area contributed by atoms with Gasteiger partial charge in [-0.1, -0.05) is 35.5 Å². The van der Waals surface area contributed by atoms with E-state index in [0.29, 0.717) is 22.9 Å². The van der Waals surface area contributed by atoms with Gasteiger partial charge in [0.1, 0.15) is 6.54 Å². The summed E-state index contributed by atoms with van der Waals surface area (Å²) in [4.78, 5) is 32.9. The van der Waals surface area contributed by atoms with Crippen LogP contribution in [0.25, 0.3) is 22.6 Å². The normalized spacial score (nSPS) is 11.3. The first-order valence-corrected chi connectivity index (χ1v) is 7.55. The van der Waals surface area contributed by atoms with Crippen molar-refractivity contribution in [2.45, 2.75) is 6.54 Å². The minimum absolute atomic E-state index is 0.184. The van der Waals surface area contributed by atoms with E-state index in [0.717, 1.165) is 10.1 Å². The Balaban J connectivity index is 1.77. The number of hydrogen-bond donors (Lipinski definition) is 0. The highest BCUT2D eigenvalue weighted by molar-refractivity contribution is 5.70. The van der Waals surface area contributed by atoms with Crippen LogP contribution in [0.4, 0.5) is 0 Å². The molecule has 0 aliphatic carbocycles. The molecule has 0 aliphatic rings. The molecule has 0 fully saturated rings. The van der Waals surface area contributed by atoms with Crippen molar-refractivity contribution in [3.05, 3.63) is 63.4 Å². The summed E-state index contributed by atoms with van der Waals surface area (Å²) in [5, 5.41) is 3.96. The molecule has 0 saturated carbocycles. The van der Waals surface area contributed by atoms with Gasteiger partial charge in [0, 0.05) is 19.7 Å². The number of rotatable bonds is 3. The van der Waals surface area contributed by atoms with E-state index < -0.39 is 11.2 Å². The SMILES string of the molecule is Cn1c(=O)c2c(ncn2Cc2nc(-c3ccccc3)no2)n(C)c1=O. The summed E-state index contributed by atoms with van der Waals surface area (Å²) in [6.07, 6.45) is 1.48. The number of imidazole rings is 1. The first kappa shape index (κ1) is 15.1.